The molecule has 0 aliphatic carbocycles. The number of aromatic nitrogens is 1. The molecule has 1 aliphatic heterocycles. The molecule has 3 unspecified atom stereocenters. The summed E-state index contributed by atoms with van der Waals surface area (Å²) in [7, 11) is 0. The summed E-state index contributed by atoms with van der Waals surface area (Å²) in [5.41, 5.74) is 4.40. The van der Waals surface area contributed by atoms with Crippen LogP contribution >= 0.6 is 11.3 Å². The summed E-state index contributed by atoms with van der Waals surface area (Å²) in [4.78, 5) is 44.9. The van der Waals surface area contributed by atoms with E-state index in [2.05, 4.69) is 10.3 Å². The molecule has 1 saturated heterocycles. The van der Waals surface area contributed by atoms with Crippen molar-refractivity contribution >= 4 is 28.9 Å². The number of carbonyl (C=O) groups is 3. The molecule has 1 aromatic carbocycles. The fraction of sp³-hybridized carbons (Fsp3) is 0.556. The van der Waals surface area contributed by atoms with Gasteiger partial charge in [-0.1, -0.05) is 58.9 Å². The van der Waals surface area contributed by atoms with E-state index >= 15 is 0 Å². The van der Waals surface area contributed by atoms with E-state index in [0.29, 0.717) is 6.54 Å². The van der Waals surface area contributed by atoms with Crippen LogP contribution in [-0.2, 0) is 20.9 Å². The number of hydrogen-bond acceptors (Lipinski definition) is 6. The molecule has 192 valence electrons. The van der Waals surface area contributed by atoms with Gasteiger partial charge in [0.25, 0.3) is 0 Å². The Hall–Kier alpha value is -2.58. The van der Waals surface area contributed by atoms with E-state index in [1.165, 1.54) is 11.8 Å². The van der Waals surface area contributed by atoms with Gasteiger partial charge in [0.2, 0.25) is 11.8 Å². The van der Waals surface area contributed by atoms with Crippen molar-refractivity contribution in [3.63, 3.8) is 0 Å². The number of thiazole rings is 1. The van der Waals surface area contributed by atoms with Gasteiger partial charge in [-0.05, 0) is 30.4 Å². The molecule has 2 amide bonds. The number of hydrogen-bond donors (Lipinski definition) is 2. The Bertz CT molecular complexity index is 1010. The van der Waals surface area contributed by atoms with Crippen LogP contribution in [0.5, 0.6) is 0 Å². The first-order valence-electron chi connectivity index (χ1n) is 12.2. The maximum atomic E-state index is 13.3. The van der Waals surface area contributed by atoms with Gasteiger partial charge >= 0.3 is 0 Å². The number of Topliss-reactive ketones (excluding diaryl/α,β-unsaturated/α-hetero) is 1. The molecular weight excluding hydrogens is 462 g/mol. The van der Waals surface area contributed by atoms with Crippen LogP contribution in [0.25, 0.3) is 10.4 Å². The molecule has 0 spiro atoms. The molecule has 1 fully saturated rings. The zero-order chi connectivity index (χ0) is 26.3. The number of aryl methyl sites for hydroxylation is 1. The van der Waals surface area contributed by atoms with Crippen LogP contribution in [0.1, 0.15) is 65.6 Å². The van der Waals surface area contributed by atoms with E-state index < -0.39 is 23.5 Å². The fourth-order valence-corrected chi connectivity index (χ4v) is 5.03. The molecule has 7 nitrogen and oxygen atoms in total. The molecule has 2 aromatic rings. The quantitative estimate of drug-likeness (QED) is 0.587. The zero-order valence-corrected chi connectivity index (χ0v) is 22.7. The number of amides is 2. The SMILES string of the molecule is CC.CC(=O)CC(C(=O)N1CC(O)CC1C(=O)NCc1ccc(-c2scnc2C)cc1)C(C)(C)C. The topological polar surface area (TPSA) is 99.6 Å². The Kier molecular flexibility index (Phi) is 10.2. The minimum absolute atomic E-state index is 0.0685. The highest BCUT2D eigenvalue weighted by atomic mass is 32.1. The van der Waals surface area contributed by atoms with Crippen molar-refractivity contribution in [3.8, 4) is 10.4 Å². The lowest BCUT2D eigenvalue weighted by Gasteiger charge is -2.34. The van der Waals surface area contributed by atoms with Gasteiger partial charge in [0.15, 0.2) is 0 Å². The van der Waals surface area contributed by atoms with Crippen LogP contribution in [0.15, 0.2) is 29.8 Å². The number of rotatable bonds is 7. The standard InChI is InChI=1S/C25H33N3O4S.C2H6/c1-15(29)10-20(25(3,4)5)24(32)28-13-19(30)11-21(28)23(31)26-12-17-6-8-18(9-7-17)22-16(2)27-14-33-22;1-2/h6-9,14,19-21,30H,10-13H2,1-5H3,(H,26,31);1-2H3. The number of benzene rings is 1. The molecule has 8 heteroatoms. The minimum atomic E-state index is -0.760. The summed E-state index contributed by atoms with van der Waals surface area (Å²) in [6, 6.07) is 7.19. The number of aliphatic hydroxyl groups is 1. The number of ketones is 1. The minimum Gasteiger partial charge on any atom is -0.391 e. The summed E-state index contributed by atoms with van der Waals surface area (Å²) in [6.07, 6.45) is -0.447. The van der Waals surface area contributed by atoms with Crippen molar-refractivity contribution in [2.24, 2.45) is 11.3 Å². The summed E-state index contributed by atoms with van der Waals surface area (Å²) in [5, 5.41) is 13.1. The third kappa shape index (κ3) is 7.45. The fourth-order valence-electron chi connectivity index (χ4n) is 4.22. The first-order valence-corrected chi connectivity index (χ1v) is 13.1. The van der Waals surface area contributed by atoms with Crippen LogP contribution in [0.4, 0.5) is 0 Å². The number of aliphatic hydroxyl groups excluding tert-OH is 1. The highest BCUT2D eigenvalue weighted by molar-refractivity contribution is 7.13. The molecule has 0 radical (unpaired) electrons. The Morgan fingerprint density at radius 2 is 1.83 bits per heavy atom. The Morgan fingerprint density at radius 1 is 1.20 bits per heavy atom. The molecule has 3 rings (SSSR count). The lowest BCUT2D eigenvalue weighted by atomic mass is 9.77. The summed E-state index contributed by atoms with van der Waals surface area (Å²) in [6.45, 7) is 13.6. The first-order chi connectivity index (χ1) is 16.5. The second kappa shape index (κ2) is 12.4. The molecule has 0 bridgehead atoms. The van der Waals surface area contributed by atoms with Crippen molar-refractivity contribution in [1.29, 1.82) is 0 Å². The normalized spacial score (nSPS) is 18.5. The Labute approximate surface area is 213 Å². The predicted octanol–water partition coefficient (Wildman–Crippen LogP) is 4.36. The number of nitrogens with one attached hydrogen (secondary N) is 1. The van der Waals surface area contributed by atoms with Crippen molar-refractivity contribution in [3.05, 3.63) is 41.0 Å². The smallest absolute Gasteiger partial charge is 0.243 e. The molecule has 2 heterocycles. The highest BCUT2D eigenvalue weighted by Gasteiger charge is 2.44. The summed E-state index contributed by atoms with van der Waals surface area (Å²) in [5.74, 6) is -1.16. The van der Waals surface area contributed by atoms with Gasteiger partial charge < -0.3 is 20.1 Å². The van der Waals surface area contributed by atoms with Gasteiger partial charge in [0.1, 0.15) is 11.8 Å². The highest BCUT2D eigenvalue weighted by Crippen LogP contribution is 2.33. The largest absolute Gasteiger partial charge is 0.391 e. The molecule has 3 atom stereocenters. The van der Waals surface area contributed by atoms with Crippen LogP contribution < -0.4 is 5.32 Å². The second-order valence-corrected chi connectivity index (χ2v) is 10.8. The number of carbonyl (C=O) groups excluding carboxylic acids is 3. The summed E-state index contributed by atoms with van der Waals surface area (Å²) >= 11 is 1.59. The van der Waals surface area contributed by atoms with Crippen molar-refractivity contribution < 1.29 is 19.5 Å². The molecule has 1 aromatic heterocycles. The predicted molar refractivity (Wildman–Crippen MR) is 140 cm³/mol. The molecule has 0 saturated carbocycles. The van der Waals surface area contributed by atoms with Crippen LogP contribution in [0.3, 0.4) is 0 Å². The van der Waals surface area contributed by atoms with Gasteiger partial charge in [-0.2, -0.15) is 0 Å². The van der Waals surface area contributed by atoms with E-state index in [9.17, 15) is 19.5 Å². The molecule has 2 N–H and O–H groups in total. The van der Waals surface area contributed by atoms with Crippen LogP contribution in [-0.4, -0.2) is 51.3 Å². The third-order valence-electron chi connectivity index (χ3n) is 6.13. The van der Waals surface area contributed by atoms with E-state index in [4.69, 9.17) is 0 Å². The van der Waals surface area contributed by atoms with Gasteiger partial charge in [-0.15, -0.1) is 11.3 Å². The van der Waals surface area contributed by atoms with E-state index in [-0.39, 0.29) is 37.0 Å². The van der Waals surface area contributed by atoms with Gasteiger partial charge in [0, 0.05) is 31.8 Å². The van der Waals surface area contributed by atoms with Gasteiger partial charge in [-0.3, -0.25) is 9.59 Å². The van der Waals surface area contributed by atoms with Crippen LogP contribution in [0, 0.1) is 18.3 Å². The second-order valence-electron chi connectivity index (χ2n) is 9.90. The van der Waals surface area contributed by atoms with Crippen molar-refractivity contribution in [2.75, 3.05) is 6.54 Å². The number of nitrogens with zero attached hydrogens (tertiary/aromatic N) is 2. The van der Waals surface area contributed by atoms with E-state index in [1.54, 1.807) is 11.3 Å². The lowest BCUT2D eigenvalue weighted by Crippen LogP contribution is -2.50. The number of likely N-dealkylation sites (tertiary alicyclic amines) is 1. The monoisotopic (exact) mass is 501 g/mol. The van der Waals surface area contributed by atoms with Gasteiger partial charge in [-0.25, -0.2) is 4.98 Å². The van der Waals surface area contributed by atoms with E-state index in [0.717, 1.165) is 21.7 Å². The Morgan fingerprint density at radius 3 is 2.34 bits per heavy atom. The van der Waals surface area contributed by atoms with Crippen LogP contribution in [0.2, 0.25) is 0 Å². The average Bonchev–Trinajstić information content (AvgIpc) is 3.41. The number of β-amino-alcohol motifs (C(OH)–C–C–N with tert-alkyl or cyclic N) is 1. The zero-order valence-electron chi connectivity index (χ0n) is 21.9. The lowest BCUT2D eigenvalue weighted by molar-refractivity contribution is -0.146. The Balaban J connectivity index is 0.00000210. The molecule has 35 heavy (non-hydrogen) atoms. The average molecular weight is 502 g/mol. The first kappa shape index (κ1) is 28.7. The van der Waals surface area contributed by atoms with Crippen molar-refractivity contribution in [1.82, 2.24) is 15.2 Å². The third-order valence-corrected chi connectivity index (χ3v) is 7.11. The van der Waals surface area contributed by atoms with E-state index in [1.807, 2.05) is 71.3 Å². The maximum Gasteiger partial charge on any atom is 0.243 e. The summed E-state index contributed by atoms with van der Waals surface area (Å²) < 4.78 is 0. The van der Waals surface area contributed by atoms with Crippen molar-refractivity contribution in [2.45, 2.75) is 80.0 Å². The molecular formula is C27H39N3O4S. The maximum absolute atomic E-state index is 13.3. The molecule has 1 aliphatic rings. The van der Waals surface area contributed by atoms with Gasteiger partial charge in [0.05, 0.1) is 22.2 Å².